The Morgan fingerprint density at radius 2 is 1.75 bits per heavy atom. The van der Waals surface area contributed by atoms with Gasteiger partial charge in [0.1, 0.15) is 0 Å². The second-order valence-corrected chi connectivity index (χ2v) is 4.63. The first-order valence-corrected chi connectivity index (χ1v) is 6.47. The molecule has 0 spiro atoms. The molecule has 0 saturated carbocycles. The van der Waals surface area contributed by atoms with Gasteiger partial charge in [0, 0.05) is 14.1 Å². The molecular weight excluding hydrogens is 198 g/mol. The van der Waals surface area contributed by atoms with Gasteiger partial charge in [-0.05, 0) is 6.42 Å². The summed E-state index contributed by atoms with van der Waals surface area (Å²) in [6.07, 6.45) is 10.4. The molecular formula is C14H27NO. The molecule has 0 heterocycles. The molecule has 0 aliphatic carbocycles. The van der Waals surface area contributed by atoms with Gasteiger partial charge in [-0.25, -0.2) is 0 Å². The van der Waals surface area contributed by atoms with Gasteiger partial charge in [-0.3, -0.25) is 4.79 Å². The van der Waals surface area contributed by atoms with Gasteiger partial charge >= 0.3 is 0 Å². The van der Waals surface area contributed by atoms with Crippen molar-refractivity contribution in [3.05, 3.63) is 12.7 Å². The van der Waals surface area contributed by atoms with Crippen molar-refractivity contribution in [3.8, 4) is 0 Å². The minimum absolute atomic E-state index is 0.0150. The minimum Gasteiger partial charge on any atom is -0.348 e. The van der Waals surface area contributed by atoms with Crippen LogP contribution >= 0.6 is 0 Å². The fraction of sp³-hybridized carbons (Fsp3) is 0.786. The zero-order valence-corrected chi connectivity index (χ0v) is 11.2. The summed E-state index contributed by atoms with van der Waals surface area (Å²) in [5.74, 6) is 0.199. The summed E-state index contributed by atoms with van der Waals surface area (Å²) in [5, 5.41) is 0. The van der Waals surface area contributed by atoms with Crippen LogP contribution in [0.25, 0.3) is 0 Å². The highest BCUT2D eigenvalue weighted by Crippen LogP contribution is 2.14. The van der Waals surface area contributed by atoms with E-state index in [1.165, 1.54) is 32.1 Å². The molecule has 0 aromatic carbocycles. The molecule has 1 atom stereocenters. The van der Waals surface area contributed by atoms with Crippen molar-refractivity contribution in [2.45, 2.75) is 51.9 Å². The van der Waals surface area contributed by atoms with Crippen LogP contribution in [0.1, 0.15) is 51.9 Å². The molecule has 2 nitrogen and oxygen atoms in total. The number of hydrogen-bond acceptors (Lipinski definition) is 1. The fourth-order valence-corrected chi connectivity index (χ4v) is 1.82. The van der Waals surface area contributed by atoms with E-state index in [0.29, 0.717) is 0 Å². The van der Waals surface area contributed by atoms with Gasteiger partial charge < -0.3 is 4.90 Å². The van der Waals surface area contributed by atoms with E-state index < -0.39 is 0 Å². The van der Waals surface area contributed by atoms with Gasteiger partial charge in [-0.15, -0.1) is 6.58 Å². The third-order valence-corrected chi connectivity index (χ3v) is 2.91. The summed E-state index contributed by atoms with van der Waals surface area (Å²) in [4.78, 5) is 13.4. The summed E-state index contributed by atoms with van der Waals surface area (Å²) in [6.45, 7) is 5.97. The number of carbonyl (C=O) groups is 1. The average Bonchev–Trinajstić information content (AvgIpc) is 2.27. The van der Waals surface area contributed by atoms with Gasteiger partial charge in [0.2, 0.25) is 5.91 Å². The van der Waals surface area contributed by atoms with E-state index in [9.17, 15) is 4.79 Å². The molecule has 94 valence electrons. The molecule has 0 aliphatic heterocycles. The first kappa shape index (κ1) is 15.2. The lowest BCUT2D eigenvalue weighted by atomic mass is 9.99. The Morgan fingerprint density at radius 3 is 2.25 bits per heavy atom. The number of unbranched alkanes of at least 4 members (excludes halogenated alkanes) is 5. The fourth-order valence-electron chi connectivity index (χ4n) is 1.82. The Balaban J connectivity index is 3.64. The zero-order valence-electron chi connectivity index (χ0n) is 11.2. The van der Waals surface area contributed by atoms with Crippen molar-refractivity contribution in [2.75, 3.05) is 14.1 Å². The Morgan fingerprint density at radius 1 is 1.19 bits per heavy atom. The second-order valence-electron chi connectivity index (χ2n) is 4.63. The molecule has 0 saturated heterocycles. The van der Waals surface area contributed by atoms with Gasteiger partial charge in [-0.1, -0.05) is 51.5 Å². The molecule has 0 fully saturated rings. The van der Waals surface area contributed by atoms with Gasteiger partial charge in [-0.2, -0.15) is 0 Å². The molecule has 0 aliphatic rings. The van der Waals surface area contributed by atoms with E-state index in [2.05, 4.69) is 13.5 Å². The van der Waals surface area contributed by atoms with Gasteiger partial charge in [0.15, 0.2) is 0 Å². The van der Waals surface area contributed by atoms with Crippen LogP contribution in [0.2, 0.25) is 0 Å². The third-order valence-electron chi connectivity index (χ3n) is 2.91. The average molecular weight is 225 g/mol. The number of hydrogen-bond donors (Lipinski definition) is 0. The van der Waals surface area contributed by atoms with E-state index in [4.69, 9.17) is 0 Å². The van der Waals surface area contributed by atoms with Crippen molar-refractivity contribution in [3.63, 3.8) is 0 Å². The molecule has 0 aromatic heterocycles. The van der Waals surface area contributed by atoms with E-state index in [-0.39, 0.29) is 11.8 Å². The van der Waals surface area contributed by atoms with Gasteiger partial charge in [0.25, 0.3) is 0 Å². The molecule has 0 bridgehead atoms. The number of carbonyl (C=O) groups excluding carboxylic acids is 1. The Bertz CT molecular complexity index is 199. The largest absolute Gasteiger partial charge is 0.348 e. The van der Waals surface area contributed by atoms with Crippen LogP contribution in [0.15, 0.2) is 12.7 Å². The normalized spacial score (nSPS) is 12.2. The molecule has 1 amide bonds. The first-order chi connectivity index (χ1) is 7.63. The third kappa shape index (κ3) is 6.65. The lowest BCUT2D eigenvalue weighted by Crippen LogP contribution is -2.28. The highest BCUT2D eigenvalue weighted by molar-refractivity contribution is 5.79. The lowest BCUT2D eigenvalue weighted by molar-refractivity contribution is -0.131. The Hall–Kier alpha value is -0.790. The minimum atomic E-state index is 0.0150. The predicted molar refractivity (Wildman–Crippen MR) is 70.4 cm³/mol. The van der Waals surface area contributed by atoms with Gasteiger partial charge in [0.05, 0.1) is 5.92 Å². The summed E-state index contributed by atoms with van der Waals surface area (Å²) in [6, 6.07) is 0. The standard InChI is InChI=1S/C14H27NO/c1-5-7-8-9-10-11-12-13(6-2)14(16)15(3)4/h6,13H,2,5,7-12H2,1,3-4H3. The van der Waals surface area contributed by atoms with Crippen molar-refractivity contribution < 1.29 is 4.79 Å². The quantitative estimate of drug-likeness (QED) is 0.433. The van der Waals surface area contributed by atoms with Crippen LogP contribution in [0, 0.1) is 5.92 Å². The van der Waals surface area contributed by atoms with Crippen LogP contribution in [-0.4, -0.2) is 24.9 Å². The van der Waals surface area contributed by atoms with Crippen LogP contribution in [-0.2, 0) is 4.79 Å². The molecule has 1 unspecified atom stereocenters. The Kier molecular flexibility index (Phi) is 8.97. The van der Waals surface area contributed by atoms with Crippen molar-refractivity contribution >= 4 is 5.91 Å². The monoisotopic (exact) mass is 225 g/mol. The smallest absolute Gasteiger partial charge is 0.228 e. The van der Waals surface area contributed by atoms with Crippen LogP contribution in [0.4, 0.5) is 0 Å². The molecule has 2 heteroatoms. The van der Waals surface area contributed by atoms with Crippen LogP contribution in [0.3, 0.4) is 0 Å². The van der Waals surface area contributed by atoms with E-state index in [1.54, 1.807) is 25.1 Å². The zero-order chi connectivity index (χ0) is 12.4. The highest BCUT2D eigenvalue weighted by Gasteiger charge is 2.15. The van der Waals surface area contributed by atoms with Crippen molar-refractivity contribution in [1.82, 2.24) is 4.90 Å². The predicted octanol–water partition coefficient (Wildman–Crippen LogP) is 3.63. The topological polar surface area (TPSA) is 20.3 Å². The molecule has 0 aromatic rings. The summed E-state index contributed by atoms with van der Waals surface area (Å²) >= 11 is 0. The SMILES string of the molecule is C=CC(CCCCCCCC)C(=O)N(C)C. The first-order valence-electron chi connectivity index (χ1n) is 6.47. The van der Waals surface area contributed by atoms with Crippen LogP contribution in [0.5, 0.6) is 0 Å². The summed E-state index contributed by atoms with van der Waals surface area (Å²) < 4.78 is 0. The van der Waals surface area contributed by atoms with E-state index in [0.717, 1.165) is 12.8 Å². The highest BCUT2D eigenvalue weighted by atomic mass is 16.2. The van der Waals surface area contributed by atoms with E-state index >= 15 is 0 Å². The maximum Gasteiger partial charge on any atom is 0.228 e. The molecule has 0 radical (unpaired) electrons. The number of rotatable bonds is 9. The Labute approximate surface area is 101 Å². The maximum atomic E-state index is 11.7. The van der Waals surface area contributed by atoms with Crippen molar-refractivity contribution in [1.29, 1.82) is 0 Å². The molecule has 0 N–H and O–H groups in total. The summed E-state index contributed by atoms with van der Waals surface area (Å²) in [5.41, 5.74) is 0. The molecule has 16 heavy (non-hydrogen) atoms. The lowest BCUT2D eigenvalue weighted by Gasteiger charge is -2.17. The van der Waals surface area contributed by atoms with Crippen molar-refractivity contribution in [2.24, 2.45) is 5.92 Å². The maximum absolute atomic E-state index is 11.7. The second kappa shape index (κ2) is 9.44. The number of nitrogens with zero attached hydrogens (tertiary/aromatic N) is 1. The summed E-state index contributed by atoms with van der Waals surface area (Å²) in [7, 11) is 3.61. The van der Waals surface area contributed by atoms with E-state index in [1.807, 2.05) is 0 Å². The number of amides is 1. The molecule has 0 rings (SSSR count). The van der Waals surface area contributed by atoms with Crippen LogP contribution < -0.4 is 0 Å².